The van der Waals surface area contributed by atoms with Crippen molar-refractivity contribution in [2.75, 3.05) is 0 Å². The Labute approximate surface area is 99.8 Å². The Kier molecular flexibility index (Phi) is 4.31. The fourth-order valence-corrected chi connectivity index (χ4v) is 1.42. The molecule has 17 heavy (non-hydrogen) atoms. The SMILES string of the molecule is CCc1ccc(C(=O)NC(C(=O)O)C(C)C)o1. The van der Waals surface area contributed by atoms with Crippen LogP contribution in [-0.2, 0) is 11.2 Å². The van der Waals surface area contributed by atoms with Gasteiger partial charge in [0.15, 0.2) is 5.76 Å². The molecule has 0 aliphatic carbocycles. The van der Waals surface area contributed by atoms with E-state index in [-0.39, 0.29) is 11.7 Å². The number of amides is 1. The van der Waals surface area contributed by atoms with Crippen LogP contribution in [0.3, 0.4) is 0 Å². The number of carboxylic acid groups (broad SMARTS) is 1. The van der Waals surface area contributed by atoms with Crippen LogP contribution < -0.4 is 5.32 Å². The lowest BCUT2D eigenvalue weighted by Crippen LogP contribution is -2.44. The van der Waals surface area contributed by atoms with Crippen molar-refractivity contribution in [3.05, 3.63) is 23.7 Å². The number of furan rings is 1. The largest absolute Gasteiger partial charge is 0.480 e. The van der Waals surface area contributed by atoms with Crippen molar-refractivity contribution < 1.29 is 19.1 Å². The number of aliphatic carboxylic acids is 1. The molecular formula is C12H17NO4. The topological polar surface area (TPSA) is 79.5 Å². The average molecular weight is 239 g/mol. The summed E-state index contributed by atoms with van der Waals surface area (Å²) in [6.07, 6.45) is 0.694. The van der Waals surface area contributed by atoms with Crippen LogP contribution in [0, 0.1) is 5.92 Å². The van der Waals surface area contributed by atoms with E-state index in [1.165, 1.54) is 0 Å². The molecule has 1 unspecified atom stereocenters. The van der Waals surface area contributed by atoms with Gasteiger partial charge in [-0.2, -0.15) is 0 Å². The molecule has 1 amide bonds. The fourth-order valence-electron chi connectivity index (χ4n) is 1.42. The van der Waals surface area contributed by atoms with Gasteiger partial charge in [0.2, 0.25) is 0 Å². The van der Waals surface area contributed by atoms with E-state index in [2.05, 4.69) is 5.32 Å². The number of hydrogen-bond donors (Lipinski definition) is 2. The van der Waals surface area contributed by atoms with E-state index in [1.807, 2.05) is 6.92 Å². The van der Waals surface area contributed by atoms with E-state index in [9.17, 15) is 9.59 Å². The number of carbonyl (C=O) groups is 2. The highest BCUT2D eigenvalue weighted by Crippen LogP contribution is 2.10. The van der Waals surface area contributed by atoms with Crippen molar-refractivity contribution in [3.63, 3.8) is 0 Å². The zero-order valence-electron chi connectivity index (χ0n) is 10.2. The second-order valence-electron chi connectivity index (χ2n) is 4.15. The monoisotopic (exact) mass is 239 g/mol. The molecule has 1 aromatic heterocycles. The van der Waals surface area contributed by atoms with Crippen molar-refractivity contribution in [1.29, 1.82) is 0 Å². The summed E-state index contributed by atoms with van der Waals surface area (Å²) in [4.78, 5) is 22.6. The van der Waals surface area contributed by atoms with Crippen LogP contribution in [0.1, 0.15) is 37.1 Å². The van der Waals surface area contributed by atoms with Crippen molar-refractivity contribution in [3.8, 4) is 0 Å². The number of carboxylic acids is 1. The van der Waals surface area contributed by atoms with Gasteiger partial charge in [0.25, 0.3) is 5.91 Å². The second kappa shape index (κ2) is 5.52. The molecule has 5 nitrogen and oxygen atoms in total. The van der Waals surface area contributed by atoms with Crippen LogP contribution in [0.5, 0.6) is 0 Å². The standard InChI is InChI=1S/C12H17NO4/c1-4-8-5-6-9(17-8)11(14)13-10(7(2)3)12(15)16/h5-7,10H,4H2,1-3H3,(H,13,14)(H,15,16). The number of hydrogen-bond acceptors (Lipinski definition) is 3. The van der Waals surface area contributed by atoms with Crippen molar-refractivity contribution in [2.45, 2.75) is 33.2 Å². The Morgan fingerprint density at radius 2 is 2.06 bits per heavy atom. The van der Waals surface area contributed by atoms with Gasteiger partial charge < -0.3 is 14.8 Å². The van der Waals surface area contributed by atoms with Gasteiger partial charge in [0.05, 0.1) is 0 Å². The zero-order valence-corrected chi connectivity index (χ0v) is 10.2. The Hall–Kier alpha value is -1.78. The lowest BCUT2D eigenvalue weighted by Gasteiger charge is -2.16. The summed E-state index contributed by atoms with van der Waals surface area (Å²) in [5.41, 5.74) is 0. The number of rotatable bonds is 5. The van der Waals surface area contributed by atoms with E-state index >= 15 is 0 Å². The van der Waals surface area contributed by atoms with E-state index in [4.69, 9.17) is 9.52 Å². The maximum absolute atomic E-state index is 11.7. The van der Waals surface area contributed by atoms with E-state index in [0.717, 1.165) is 0 Å². The molecular weight excluding hydrogens is 222 g/mol. The minimum atomic E-state index is -1.05. The number of carbonyl (C=O) groups excluding carboxylic acids is 1. The lowest BCUT2D eigenvalue weighted by molar-refractivity contribution is -0.140. The van der Waals surface area contributed by atoms with E-state index < -0.39 is 17.9 Å². The first kappa shape index (κ1) is 13.3. The molecule has 0 aliphatic rings. The molecule has 1 aromatic rings. The molecule has 0 saturated carbocycles. The Bertz CT molecular complexity index is 408. The van der Waals surface area contributed by atoms with E-state index in [0.29, 0.717) is 12.2 Å². The molecule has 0 radical (unpaired) electrons. The van der Waals surface area contributed by atoms with Crippen LogP contribution in [0.15, 0.2) is 16.5 Å². The average Bonchev–Trinajstić information content (AvgIpc) is 2.73. The van der Waals surface area contributed by atoms with Gasteiger partial charge in [-0.1, -0.05) is 20.8 Å². The summed E-state index contributed by atoms with van der Waals surface area (Å²) in [6, 6.07) is 2.35. The van der Waals surface area contributed by atoms with Crippen molar-refractivity contribution in [1.82, 2.24) is 5.32 Å². The highest BCUT2D eigenvalue weighted by molar-refractivity contribution is 5.94. The van der Waals surface area contributed by atoms with Gasteiger partial charge in [-0.3, -0.25) is 4.79 Å². The molecule has 5 heteroatoms. The predicted octanol–water partition coefficient (Wildman–Crippen LogP) is 1.68. The molecule has 2 N–H and O–H groups in total. The molecule has 1 rings (SSSR count). The third kappa shape index (κ3) is 3.34. The Balaban J connectivity index is 2.73. The van der Waals surface area contributed by atoms with Crippen LogP contribution in [0.2, 0.25) is 0 Å². The van der Waals surface area contributed by atoms with Crippen LogP contribution in [-0.4, -0.2) is 23.0 Å². The minimum Gasteiger partial charge on any atom is -0.480 e. The number of nitrogens with one attached hydrogen (secondary N) is 1. The molecule has 1 heterocycles. The van der Waals surface area contributed by atoms with Gasteiger partial charge in [-0.25, -0.2) is 4.79 Å². The first-order valence-corrected chi connectivity index (χ1v) is 5.58. The summed E-state index contributed by atoms with van der Waals surface area (Å²) in [5.74, 6) is -0.876. The summed E-state index contributed by atoms with van der Waals surface area (Å²) >= 11 is 0. The maximum Gasteiger partial charge on any atom is 0.326 e. The third-order valence-electron chi connectivity index (χ3n) is 2.45. The van der Waals surface area contributed by atoms with Crippen molar-refractivity contribution in [2.24, 2.45) is 5.92 Å². The van der Waals surface area contributed by atoms with Gasteiger partial charge in [0, 0.05) is 6.42 Å². The van der Waals surface area contributed by atoms with E-state index in [1.54, 1.807) is 26.0 Å². The van der Waals surface area contributed by atoms with Gasteiger partial charge in [-0.05, 0) is 18.1 Å². The van der Waals surface area contributed by atoms with Gasteiger partial charge in [-0.15, -0.1) is 0 Å². The van der Waals surface area contributed by atoms with Crippen molar-refractivity contribution >= 4 is 11.9 Å². The van der Waals surface area contributed by atoms with Gasteiger partial charge >= 0.3 is 5.97 Å². The number of aryl methyl sites for hydroxylation is 1. The molecule has 94 valence electrons. The molecule has 0 saturated heterocycles. The highest BCUT2D eigenvalue weighted by atomic mass is 16.4. The maximum atomic E-state index is 11.7. The van der Waals surface area contributed by atoms with Gasteiger partial charge in [0.1, 0.15) is 11.8 Å². The normalized spacial score (nSPS) is 12.5. The smallest absolute Gasteiger partial charge is 0.326 e. The first-order chi connectivity index (χ1) is 7.95. The Morgan fingerprint density at radius 1 is 1.41 bits per heavy atom. The molecule has 0 spiro atoms. The molecule has 1 atom stereocenters. The summed E-state index contributed by atoms with van der Waals surface area (Å²) < 4.78 is 5.25. The molecule has 0 bridgehead atoms. The van der Waals surface area contributed by atoms with Crippen LogP contribution in [0.25, 0.3) is 0 Å². The summed E-state index contributed by atoms with van der Waals surface area (Å²) in [6.45, 7) is 5.38. The Morgan fingerprint density at radius 3 is 2.47 bits per heavy atom. The second-order valence-corrected chi connectivity index (χ2v) is 4.15. The third-order valence-corrected chi connectivity index (χ3v) is 2.45. The highest BCUT2D eigenvalue weighted by Gasteiger charge is 2.25. The fraction of sp³-hybridized carbons (Fsp3) is 0.500. The quantitative estimate of drug-likeness (QED) is 0.819. The predicted molar refractivity (Wildman–Crippen MR) is 61.8 cm³/mol. The van der Waals surface area contributed by atoms with Crippen LogP contribution >= 0.6 is 0 Å². The van der Waals surface area contributed by atoms with Crippen LogP contribution in [0.4, 0.5) is 0 Å². The zero-order chi connectivity index (χ0) is 13.0. The summed E-state index contributed by atoms with van der Waals surface area (Å²) in [5, 5.41) is 11.4. The molecule has 0 aromatic carbocycles. The first-order valence-electron chi connectivity index (χ1n) is 5.58. The molecule has 0 aliphatic heterocycles. The minimum absolute atomic E-state index is 0.147. The molecule has 0 fully saturated rings. The lowest BCUT2D eigenvalue weighted by atomic mass is 10.0. The summed E-state index contributed by atoms with van der Waals surface area (Å²) in [7, 11) is 0.